The molecule has 2 aliphatic rings. The number of halogens is 2. The SMILES string of the molecule is CC(NC(=O)C1CC(F)(F)CN1)c1ccc(NC(=O)C2CC2)cc1. The molecule has 7 heteroatoms. The zero-order valence-corrected chi connectivity index (χ0v) is 13.4. The van der Waals surface area contributed by atoms with E-state index in [4.69, 9.17) is 0 Å². The molecule has 2 fully saturated rings. The fourth-order valence-corrected chi connectivity index (χ4v) is 2.74. The molecular weight excluding hydrogens is 316 g/mol. The molecule has 1 heterocycles. The van der Waals surface area contributed by atoms with Gasteiger partial charge in [-0.15, -0.1) is 0 Å². The Morgan fingerprint density at radius 2 is 1.88 bits per heavy atom. The molecule has 1 aromatic carbocycles. The highest BCUT2D eigenvalue weighted by molar-refractivity contribution is 5.94. The van der Waals surface area contributed by atoms with Crippen LogP contribution in [0.5, 0.6) is 0 Å². The van der Waals surface area contributed by atoms with Crippen LogP contribution in [0.1, 0.15) is 37.8 Å². The highest BCUT2D eigenvalue weighted by Gasteiger charge is 2.42. The molecule has 1 aromatic rings. The van der Waals surface area contributed by atoms with Gasteiger partial charge in [0, 0.05) is 18.0 Å². The highest BCUT2D eigenvalue weighted by Crippen LogP contribution is 2.30. The van der Waals surface area contributed by atoms with Gasteiger partial charge in [-0.05, 0) is 37.5 Å². The average molecular weight is 337 g/mol. The molecule has 5 nitrogen and oxygen atoms in total. The lowest BCUT2D eigenvalue weighted by Crippen LogP contribution is -2.41. The Morgan fingerprint density at radius 1 is 1.21 bits per heavy atom. The first-order valence-corrected chi connectivity index (χ1v) is 8.16. The lowest BCUT2D eigenvalue weighted by Gasteiger charge is -2.18. The maximum absolute atomic E-state index is 13.1. The molecule has 3 N–H and O–H groups in total. The summed E-state index contributed by atoms with van der Waals surface area (Å²) in [6.45, 7) is 1.33. The first kappa shape index (κ1) is 16.8. The van der Waals surface area contributed by atoms with E-state index in [1.54, 1.807) is 19.1 Å². The number of anilines is 1. The number of nitrogens with one attached hydrogen (secondary N) is 3. The molecule has 1 saturated heterocycles. The number of amides is 2. The zero-order chi connectivity index (χ0) is 17.3. The summed E-state index contributed by atoms with van der Waals surface area (Å²) in [5, 5.41) is 8.13. The summed E-state index contributed by atoms with van der Waals surface area (Å²) < 4.78 is 26.3. The number of carbonyl (C=O) groups is 2. The van der Waals surface area contributed by atoms with Crippen molar-refractivity contribution in [2.75, 3.05) is 11.9 Å². The molecule has 24 heavy (non-hydrogen) atoms. The minimum Gasteiger partial charge on any atom is -0.348 e. The molecule has 3 rings (SSSR count). The second-order valence-electron chi connectivity index (χ2n) is 6.61. The number of benzene rings is 1. The smallest absolute Gasteiger partial charge is 0.262 e. The van der Waals surface area contributed by atoms with E-state index >= 15 is 0 Å². The van der Waals surface area contributed by atoms with Gasteiger partial charge in [-0.3, -0.25) is 14.9 Å². The summed E-state index contributed by atoms with van der Waals surface area (Å²) in [6, 6.07) is 6.01. The molecule has 0 aromatic heterocycles. The number of hydrogen-bond acceptors (Lipinski definition) is 3. The second kappa shape index (κ2) is 6.47. The summed E-state index contributed by atoms with van der Waals surface area (Å²) in [5.74, 6) is -3.07. The summed E-state index contributed by atoms with van der Waals surface area (Å²) in [7, 11) is 0. The van der Waals surface area contributed by atoms with Gasteiger partial charge >= 0.3 is 0 Å². The molecule has 1 aliphatic heterocycles. The number of alkyl halides is 2. The molecule has 1 saturated carbocycles. The summed E-state index contributed by atoms with van der Waals surface area (Å²) in [5.41, 5.74) is 1.56. The number of carbonyl (C=O) groups excluding carboxylic acids is 2. The van der Waals surface area contributed by atoms with Crippen LogP contribution >= 0.6 is 0 Å². The van der Waals surface area contributed by atoms with Crippen molar-refractivity contribution in [3.63, 3.8) is 0 Å². The van der Waals surface area contributed by atoms with Crippen molar-refractivity contribution in [1.29, 1.82) is 0 Å². The van der Waals surface area contributed by atoms with E-state index in [1.165, 1.54) is 0 Å². The van der Waals surface area contributed by atoms with Gasteiger partial charge in [0.25, 0.3) is 5.92 Å². The van der Waals surface area contributed by atoms with Crippen LogP contribution in [-0.4, -0.2) is 30.3 Å². The largest absolute Gasteiger partial charge is 0.348 e. The van der Waals surface area contributed by atoms with Gasteiger partial charge in [-0.1, -0.05) is 12.1 Å². The van der Waals surface area contributed by atoms with Crippen LogP contribution in [0.2, 0.25) is 0 Å². The molecule has 0 radical (unpaired) electrons. The van der Waals surface area contributed by atoms with E-state index in [-0.39, 0.29) is 17.9 Å². The van der Waals surface area contributed by atoms with Crippen LogP contribution in [0.15, 0.2) is 24.3 Å². The molecule has 2 amide bonds. The van der Waals surface area contributed by atoms with Gasteiger partial charge in [-0.25, -0.2) is 8.78 Å². The molecule has 130 valence electrons. The maximum Gasteiger partial charge on any atom is 0.262 e. The van der Waals surface area contributed by atoms with Gasteiger partial charge in [0.05, 0.1) is 18.6 Å². The van der Waals surface area contributed by atoms with E-state index < -0.39 is 30.8 Å². The van der Waals surface area contributed by atoms with Gasteiger partial charge in [0.15, 0.2) is 0 Å². The topological polar surface area (TPSA) is 70.2 Å². The quantitative estimate of drug-likeness (QED) is 0.771. The van der Waals surface area contributed by atoms with Gasteiger partial charge in [0.1, 0.15) is 0 Å². The van der Waals surface area contributed by atoms with Crippen LogP contribution in [-0.2, 0) is 9.59 Å². The third-order valence-electron chi connectivity index (χ3n) is 4.41. The van der Waals surface area contributed by atoms with E-state index in [0.29, 0.717) is 5.69 Å². The van der Waals surface area contributed by atoms with Crippen molar-refractivity contribution in [2.24, 2.45) is 5.92 Å². The summed E-state index contributed by atoms with van der Waals surface area (Å²) in [6.07, 6.45) is 1.42. The standard InChI is InChI=1S/C17H21F2N3O2/c1-10(21-16(24)14-8-17(18,19)9-20-14)11-4-6-13(7-5-11)22-15(23)12-2-3-12/h4-7,10,12,14,20H,2-3,8-9H2,1H3,(H,21,24)(H,22,23). The molecule has 1 aliphatic carbocycles. The number of hydrogen-bond donors (Lipinski definition) is 3. The Balaban J connectivity index is 1.53. The Labute approximate surface area is 139 Å². The van der Waals surface area contributed by atoms with Crippen LogP contribution in [0, 0.1) is 5.92 Å². The van der Waals surface area contributed by atoms with Crippen LogP contribution < -0.4 is 16.0 Å². The molecule has 0 spiro atoms. The monoisotopic (exact) mass is 337 g/mol. The lowest BCUT2D eigenvalue weighted by molar-refractivity contribution is -0.124. The van der Waals surface area contributed by atoms with Crippen LogP contribution in [0.4, 0.5) is 14.5 Å². The van der Waals surface area contributed by atoms with E-state index in [1.807, 2.05) is 12.1 Å². The first-order valence-electron chi connectivity index (χ1n) is 8.16. The van der Waals surface area contributed by atoms with Crippen molar-refractivity contribution >= 4 is 17.5 Å². The van der Waals surface area contributed by atoms with Gasteiger partial charge < -0.3 is 10.6 Å². The summed E-state index contributed by atoms with van der Waals surface area (Å²) in [4.78, 5) is 23.7. The average Bonchev–Trinajstić information content (AvgIpc) is 3.31. The van der Waals surface area contributed by atoms with Crippen molar-refractivity contribution in [1.82, 2.24) is 10.6 Å². The predicted octanol–water partition coefficient (Wildman–Crippen LogP) is 2.21. The van der Waals surface area contributed by atoms with Crippen LogP contribution in [0.3, 0.4) is 0 Å². The van der Waals surface area contributed by atoms with Crippen LogP contribution in [0.25, 0.3) is 0 Å². The Morgan fingerprint density at radius 3 is 2.42 bits per heavy atom. The molecular formula is C17H21F2N3O2. The minimum absolute atomic E-state index is 0.0392. The third-order valence-corrected chi connectivity index (χ3v) is 4.41. The molecule has 0 bridgehead atoms. The van der Waals surface area contributed by atoms with E-state index in [2.05, 4.69) is 16.0 Å². The van der Waals surface area contributed by atoms with E-state index in [9.17, 15) is 18.4 Å². The van der Waals surface area contributed by atoms with Gasteiger partial charge in [-0.2, -0.15) is 0 Å². The molecule has 2 atom stereocenters. The third kappa shape index (κ3) is 4.08. The Hall–Kier alpha value is -2.02. The fraction of sp³-hybridized carbons (Fsp3) is 0.529. The maximum atomic E-state index is 13.1. The predicted molar refractivity (Wildman–Crippen MR) is 85.7 cm³/mol. The first-order chi connectivity index (χ1) is 11.3. The Bertz CT molecular complexity index is 629. The minimum atomic E-state index is -2.83. The van der Waals surface area contributed by atoms with Crippen molar-refractivity contribution in [2.45, 2.75) is 44.2 Å². The van der Waals surface area contributed by atoms with Crippen molar-refractivity contribution < 1.29 is 18.4 Å². The summed E-state index contributed by atoms with van der Waals surface area (Å²) >= 11 is 0. The van der Waals surface area contributed by atoms with Gasteiger partial charge in [0.2, 0.25) is 11.8 Å². The second-order valence-corrected chi connectivity index (χ2v) is 6.61. The van der Waals surface area contributed by atoms with Crippen molar-refractivity contribution in [3.05, 3.63) is 29.8 Å². The lowest BCUT2D eigenvalue weighted by atomic mass is 10.1. The zero-order valence-electron chi connectivity index (χ0n) is 13.4. The highest BCUT2D eigenvalue weighted by atomic mass is 19.3. The number of rotatable bonds is 5. The van der Waals surface area contributed by atoms with E-state index in [0.717, 1.165) is 18.4 Å². The fourth-order valence-electron chi connectivity index (χ4n) is 2.74. The normalized spacial score (nSPS) is 23.5. The molecule has 2 unspecified atom stereocenters. The van der Waals surface area contributed by atoms with Crippen molar-refractivity contribution in [3.8, 4) is 0 Å². The Kier molecular flexibility index (Phi) is 4.54.